The predicted octanol–water partition coefficient (Wildman–Crippen LogP) is 2.22. The van der Waals surface area contributed by atoms with Crippen molar-refractivity contribution < 1.29 is 9.53 Å². The number of rotatable bonds is 9. The maximum absolute atomic E-state index is 12.0. The van der Waals surface area contributed by atoms with Gasteiger partial charge >= 0.3 is 0 Å². The summed E-state index contributed by atoms with van der Waals surface area (Å²) < 4.78 is 5.43. The Morgan fingerprint density at radius 3 is 2.47 bits per heavy atom. The Balaban J connectivity index is 0. The minimum Gasteiger partial charge on any atom is -0.368 e. The number of carbonyl (C=O) groups is 1. The van der Waals surface area contributed by atoms with Crippen LogP contribution in [0, 0.1) is 5.92 Å². The lowest BCUT2D eigenvalue weighted by Gasteiger charge is -2.24. The van der Waals surface area contributed by atoms with Gasteiger partial charge in [-0.15, -0.1) is 19.0 Å². The van der Waals surface area contributed by atoms with Crippen molar-refractivity contribution in [1.82, 2.24) is 4.90 Å². The highest BCUT2D eigenvalue weighted by Crippen LogP contribution is 2.05. The summed E-state index contributed by atoms with van der Waals surface area (Å²) in [6, 6.07) is 0.136. The van der Waals surface area contributed by atoms with Crippen molar-refractivity contribution in [2.75, 3.05) is 20.2 Å². The quantitative estimate of drug-likeness (QED) is 0.524. The number of nitrogens with two attached hydrogens (primary N) is 1. The Morgan fingerprint density at radius 1 is 1.42 bits per heavy atom. The number of amides is 1. The first kappa shape index (κ1) is 20.7. The molecular weight excluding hydrogens is 264 g/mol. The molecule has 19 heavy (non-hydrogen) atoms. The molecule has 0 aromatic carbocycles. The van der Waals surface area contributed by atoms with Gasteiger partial charge in [0.05, 0.1) is 6.61 Å². The number of nitrogens with zero attached hydrogens (tertiary/aromatic N) is 1. The van der Waals surface area contributed by atoms with Crippen molar-refractivity contribution in [1.29, 1.82) is 0 Å². The molecule has 2 unspecified atom stereocenters. The molecule has 1 amide bonds. The molecule has 0 heterocycles. The Labute approximate surface area is 123 Å². The molecule has 0 bridgehead atoms. The van der Waals surface area contributed by atoms with E-state index in [2.05, 4.69) is 20.4 Å². The maximum atomic E-state index is 12.0. The van der Waals surface area contributed by atoms with Crippen LogP contribution in [0.5, 0.6) is 0 Å². The van der Waals surface area contributed by atoms with Crippen LogP contribution in [0.1, 0.15) is 33.6 Å². The molecule has 114 valence electrons. The van der Waals surface area contributed by atoms with E-state index in [-0.39, 0.29) is 24.4 Å². The van der Waals surface area contributed by atoms with Crippen LogP contribution in [0.15, 0.2) is 12.7 Å². The van der Waals surface area contributed by atoms with Crippen LogP contribution in [-0.4, -0.2) is 43.2 Å². The van der Waals surface area contributed by atoms with Crippen molar-refractivity contribution in [2.45, 2.75) is 45.8 Å². The van der Waals surface area contributed by atoms with E-state index in [1.54, 1.807) is 24.9 Å². The fraction of sp³-hybridized carbons (Fsp3) is 0.786. The lowest BCUT2D eigenvalue weighted by molar-refractivity contribution is -0.141. The molecule has 0 aliphatic rings. The second kappa shape index (κ2) is 11.3. The Morgan fingerprint density at radius 2 is 2.00 bits per heavy atom. The summed E-state index contributed by atoms with van der Waals surface area (Å²) >= 11 is 0. The normalized spacial score (nSPS) is 13.6. The molecular formula is C14H29ClN2O2. The van der Waals surface area contributed by atoms with Gasteiger partial charge < -0.3 is 15.4 Å². The van der Waals surface area contributed by atoms with Crippen LogP contribution in [0.25, 0.3) is 0 Å². The number of halogens is 1. The average Bonchev–Trinajstić information content (AvgIpc) is 2.34. The van der Waals surface area contributed by atoms with Gasteiger partial charge in [-0.3, -0.25) is 4.79 Å². The topological polar surface area (TPSA) is 55.6 Å². The molecule has 0 aliphatic carbocycles. The van der Waals surface area contributed by atoms with Gasteiger partial charge in [0.25, 0.3) is 5.91 Å². The zero-order valence-electron chi connectivity index (χ0n) is 12.6. The number of hydrogen-bond acceptors (Lipinski definition) is 3. The lowest BCUT2D eigenvalue weighted by Crippen LogP contribution is -2.39. The highest BCUT2D eigenvalue weighted by Gasteiger charge is 2.18. The number of hydrogen-bond donors (Lipinski definition) is 1. The van der Waals surface area contributed by atoms with E-state index >= 15 is 0 Å². The molecule has 0 saturated carbocycles. The van der Waals surface area contributed by atoms with Crippen molar-refractivity contribution >= 4 is 18.3 Å². The molecule has 0 radical (unpaired) electrons. The standard InChI is InChI=1S/C14H28N2O2.ClH/c1-6-7-10-18-12(4)14(17)16(5)9-8-13(15)11(2)3;/h6,11-13H,1,7-10,15H2,2-5H3;1H. The summed E-state index contributed by atoms with van der Waals surface area (Å²) in [6.45, 7) is 10.8. The van der Waals surface area contributed by atoms with Crippen LogP contribution in [-0.2, 0) is 9.53 Å². The molecule has 0 aromatic heterocycles. The first-order valence-electron chi connectivity index (χ1n) is 6.63. The van der Waals surface area contributed by atoms with Gasteiger partial charge in [0, 0.05) is 19.6 Å². The monoisotopic (exact) mass is 292 g/mol. The van der Waals surface area contributed by atoms with E-state index < -0.39 is 6.10 Å². The Bertz CT molecular complexity index is 260. The van der Waals surface area contributed by atoms with Crippen molar-refractivity contribution in [3.05, 3.63) is 12.7 Å². The SMILES string of the molecule is C=CCCOC(C)C(=O)N(C)CCC(N)C(C)C.Cl. The molecule has 2 N–H and O–H groups in total. The van der Waals surface area contributed by atoms with E-state index in [0.717, 1.165) is 12.8 Å². The average molecular weight is 293 g/mol. The van der Waals surface area contributed by atoms with E-state index in [1.807, 2.05) is 0 Å². The zero-order valence-corrected chi connectivity index (χ0v) is 13.4. The van der Waals surface area contributed by atoms with Gasteiger partial charge in [0.2, 0.25) is 0 Å². The molecule has 0 aliphatic heterocycles. The second-order valence-corrected chi connectivity index (χ2v) is 5.05. The van der Waals surface area contributed by atoms with E-state index in [1.165, 1.54) is 0 Å². The van der Waals surface area contributed by atoms with Gasteiger partial charge in [-0.2, -0.15) is 0 Å². The van der Waals surface area contributed by atoms with Crippen molar-refractivity contribution in [3.63, 3.8) is 0 Å². The van der Waals surface area contributed by atoms with Crippen molar-refractivity contribution in [3.8, 4) is 0 Å². The second-order valence-electron chi connectivity index (χ2n) is 5.05. The summed E-state index contributed by atoms with van der Waals surface area (Å²) in [5.41, 5.74) is 5.96. The van der Waals surface area contributed by atoms with Gasteiger partial charge in [0.1, 0.15) is 6.10 Å². The minimum absolute atomic E-state index is 0. The summed E-state index contributed by atoms with van der Waals surface area (Å²) in [7, 11) is 1.79. The molecule has 4 nitrogen and oxygen atoms in total. The molecule has 5 heteroatoms. The number of carbonyl (C=O) groups excluding carboxylic acids is 1. The van der Waals surface area contributed by atoms with Gasteiger partial charge in [-0.1, -0.05) is 19.9 Å². The largest absolute Gasteiger partial charge is 0.368 e. The van der Waals surface area contributed by atoms with E-state index in [4.69, 9.17) is 10.5 Å². The van der Waals surface area contributed by atoms with Gasteiger partial charge in [-0.25, -0.2) is 0 Å². The summed E-state index contributed by atoms with van der Waals surface area (Å²) in [4.78, 5) is 13.6. The van der Waals surface area contributed by atoms with Crippen molar-refractivity contribution in [2.24, 2.45) is 11.7 Å². The van der Waals surface area contributed by atoms with E-state index in [0.29, 0.717) is 19.1 Å². The minimum atomic E-state index is -0.398. The zero-order chi connectivity index (χ0) is 14.1. The molecule has 0 rings (SSSR count). The maximum Gasteiger partial charge on any atom is 0.251 e. The Kier molecular flexibility index (Phi) is 12.3. The van der Waals surface area contributed by atoms with Crippen LogP contribution in [0.2, 0.25) is 0 Å². The van der Waals surface area contributed by atoms with Crippen LogP contribution in [0.4, 0.5) is 0 Å². The molecule has 2 atom stereocenters. The molecule has 0 saturated heterocycles. The van der Waals surface area contributed by atoms with Crippen LogP contribution in [0.3, 0.4) is 0 Å². The Hall–Kier alpha value is -0.580. The highest BCUT2D eigenvalue weighted by atomic mass is 35.5. The first-order chi connectivity index (χ1) is 8.40. The van der Waals surface area contributed by atoms with Crippen LogP contribution >= 0.6 is 12.4 Å². The van der Waals surface area contributed by atoms with E-state index in [9.17, 15) is 4.79 Å². The molecule has 0 spiro atoms. The predicted molar refractivity (Wildman–Crippen MR) is 82.5 cm³/mol. The smallest absolute Gasteiger partial charge is 0.251 e. The third kappa shape index (κ3) is 9.03. The van der Waals surface area contributed by atoms with Gasteiger partial charge in [-0.05, 0) is 25.7 Å². The fourth-order valence-electron chi connectivity index (χ4n) is 1.50. The third-order valence-corrected chi connectivity index (χ3v) is 3.07. The van der Waals surface area contributed by atoms with Crippen LogP contribution < -0.4 is 5.73 Å². The molecule has 0 fully saturated rings. The lowest BCUT2D eigenvalue weighted by atomic mass is 10.0. The summed E-state index contributed by atoms with van der Waals surface area (Å²) in [5.74, 6) is 0.449. The van der Waals surface area contributed by atoms with Gasteiger partial charge in [0.15, 0.2) is 0 Å². The third-order valence-electron chi connectivity index (χ3n) is 3.07. The fourth-order valence-corrected chi connectivity index (χ4v) is 1.50. The first-order valence-corrected chi connectivity index (χ1v) is 6.63. The highest BCUT2D eigenvalue weighted by molar-refractivity contribution is 5.85. The number of ether oxygens (including phenoxy) is 1. The summed E-state index contributed by atoms with van der Waals surface area (Å²) in [6.07, 6.45) is 2.96. The number of likely N-dealkylation sites (N-methyl/N-ethyl adjacent to an activating group) is 1. The molecule has 0 aromatic rings. The summed E-state index contributed by atoms with van der Waals surface area (Å²) in [5, 5.41) is 0.